The van der Waals surface area contributed by atoms with E-state index in [1.54, 1.807) is 18.5 Å². The number of H-pyrrole nitrogens is 1. The lowest BCUT2D eigenvalue weighted by Gasteiger charge is -2.21. The fourth-order valence-corrected chi connectivity index (χ4v) is 2.46. The Bertz CT molecular complexity index is 803. The summed E-state index contributed by atoms with van der Waals surface area (Å²) in [6.45, 7) is 4.01. The van der Waals surface area contributed by atoms with Crippen LogP contribution in [0.4, 0.5) is 0 Å². The van der Waals surface area contributed by atoms with E-state index in [4.69, 9.17) is 4.74 Å². The van der Waals surface area contributed by atoms with Gasteiger partial charge in [-0.2, -0.15) is 5.10 Å². The molecule has 114 valence electrons. The van der Waals surface area contributed by atoms with Gasteiger partial charge in [0.05, 0.1) is 17.3 Å². The molecule has 2 aromatic heterocycles. The minimum atomic E-state index is -0.398. The van der Waals surface area contributed by atoms with Crippen LogP contribution in [0, 0.1) is 5.92 Å². The van der Waals surface area contributed by atoms with E-state index in [2.05, 4.69) is 15.2 Å². The van der Waals surface area contributed by atoms with Gasteiger partial charge in [-0.3, -0.25) is 5.10 Å². The molecule has 2 heterocycles. The van der Waals surface area contributed by atoms with E-state index in [0.717, 1.165) is 11.2 Å². The zero-order valence-electron chi connectivity index (χ0n) is 12.8. The number of nitrogens with zero attached hydrogens (tertiary/aromatic N) is 3. The summed E-state index contributed by atoms with van der Waals surface area (Å²) in [6, 6.07) is 5.45. The van der Waals surface area contributed by atoms with Gasteiger partial charge in [-0.25, -0.2) is 9.78 Å². The maximum Gasteiger partial charge on any atom is 0.341 e. The zero-order chi connectivity index (χ0) is 15.7. The van der Waals surface area contributed by atoms with Crippen molar-refractivity contribution >= 4 is 16.9 Å². The lowest BCUT2D eigenvalue weighted by Crippen LogP contribution is -2.19. The van der Waals surface area contributed by atoms with Crippen molar-refractivity contribution in [2.45, 2.75) is 20.0 Å². The Morgan fingerprint density at radius 3 is 2.86 bits per heavy atom. The smallest absolute Gasteiger partial charge is 0.341 e. The lowest BCUT2D eigenvalue weighted by atomic mass is 10.1. The molecule has 6 nitrogen and oxygen atoms in total. The normalized spacial score (nSPS) is 12.7. The second-order valence-corrected chi connectivity index (χ2v) is 5.61. The molecular weight excluding hydrogens is 280 g/mol. The SMILES string of the molecule is CC(C)C(OC(=O)c1cccc2cn[nH]c12)c1nccn1C. The van der Waals surface area contributed by atoms with Crippen molar-refractivity contribution in [3.63, 3.8) is 0 Å². The quantitative estimate of drug-likeness (QED) is 0.752. The molecule has 0 saturated heterocycles. The summed E-state index contributed by atoms with van der Waals surface area (Å²) in [4.78, 5) is 16.9. The van der Waals surface area contributed by atoms with Crippen molar-refractivity contribution in [3.05, 3.63) is 48.2 Å². The van der Waals surface area contributed by atoms with Crippen LogP contribution in [-0.2, 0) is 11.8 Å². The second-order valence-electron chi connectivity index (χ2n) is 5.61. The van der Waals surface area contributed by atoms with Crippen LogP contribution in [0.1, 0.15) is 36.1 Å². The molecule has 6 heteroatoms. The number of aromatic amines is 1. The number of nitrogens with one attached hydrogen (secondary N) is 1. The van der Waals surface area contributed by atoms with Crippen LogP contribution >= 0.6 is 0 Å². The molecule has 0 fully saturated rings. The van der Waals surface area contributed by atoms with Crippen LogP contribution < -0.4 is 0 Å². The number of hydrogen-bond donors (Lipinski definition) is 1. The Kier molecular flexibility index (Phi) is 3.66. The van der Waals surface area contributed by atoms with E-state index in [1.807, 2.05) is 43.8 Å². The van der Waals surface area contributed by atoms with Gasteiger partial charge in [0.15, 0.2) is 6.10 Å². The number of esters is 1. The van der Waals surface area contributed by atoms with Crippen LogP contribution in [0.2, 0.25) is 0 Å². The third-order valence-electron chi connectivity index (χ3n) is 3.65. The van der Waals surface area contributed by atoms with Gasteiger partial charge in [-0.05, 0) is 12.0 Å². The highest BCUT2D eigenvalue weighted by atomic mass is 16.5. The highest BCUT2D eigenvalue weighted by Crippen LogP contribution is 2.26. The molecule has 0 spiro atoms. The van der Waals surface area contributed by atoms with Crippen molar-refractivity contribution in [2.24, 2.45) is 13.0 Å². The number of benzene rings is 1. The minimum absolute atomic E-state index is 0.117. The standard InChI is InChI=1S/C16H18N4O2/c1-10(2)14(15-17-7-8-20(15)3)22-16(21)12-6-4-5-11-9-18-19-13(11)12/h4-10,14H,1-3H3,(H,18,19). The van der Waals surface area contributed by atoms with Crippen LogP contribution in [0.25, 0.3) is 10.9 Å². The monoisotopic (exact) mass is 298 g/mol. The predicted octanol–water partition coefficient (Wildman–Crippen LogP) is 2.85. The van der Waals surface area contributed by atoms with Crippen molar-refractivity contribution in [1.82, 2.24) is 19.7 Å². The van der Waals surface area contributed by atoms with Gasteiger partial charge >= 0.3 is 5.97 Å². The Morgan fingerprint density at radius 2 is 2.18 bits per heavy atom. The van der Waals surface area contributed by atoms with Crippen molar-refractivity contribution in [1.29, 1.82) is 0 Å². The molecule has 1 N–H and O–H groups in total. The molecule has 3 rings (SSSR count). The van der Waals surface area contributed by atoms with E-state index in [-0.39, 0.29) is 11.9 Å². The van der Waals surface area contributed by atoms with Crippen molar-refractivity contribution in [3.8, 4) is 0 Å². The summed E-state index contributed by atoms with van der Waals surface area (Å²) in [7, 11) is 1.89. The van der Waals surface area contributed by atoms with E-state index >= 15 is 0 Å². The van der Waals surface area contributed by atoms with Gasteiger partial charge < -0.3 is 9.30 Å². The van der Waals surface area contributed by atoms with E-state index in [1.165, 1.54) is 0 Å². The lowest BCUT2D eigenvalue weighted by molar-refractivity contribution is 0.0144. The first kappa shape index (κ1) is 14.3. The molecule has 0 saturated carbocycles. The first-order chi connectivity index (χ1) is 10.6. The minimum Gasteiger partial charge on any atom is -0.450 e. The van der Waals surface area contributed by atoms with Gasteiger partial charge in [0.1, 0.15) is 5.82 Å². The van der Waals surface area contributed by atoms with Gasteiger partial charge in [0.2, 0.25) is 0 Å². The summed E-state index contributed by atoms with van der Waals surface area (Å²) in [5.41, 5.74) is 1.17. The molecule has 0 bridgehead atoms. The average molecular weight is 298 g/mol. The topological polar surface area (TPSA) is 72.8 Å². The fraction of sp³-hybridized carbons (Fsp3) is 0.312. The van der Waals surface area contributed by atoms with Gasteiger partial charge in [0.25, 0.3) is 0 Å². The number of aromatic nitrogens is 4. The third kappa shape index (κ3) is 2.47. The summed E-state index contributed by atoms with van der Waals surface area (Å²) < 4.78 is 7.60. The number of fused-ring (bicyclic) bond motifs is 1. The summed E-state index contributed by atoms with van der Waals surface area (Å²) >= 11 is 0. The van der Waals surface area contributed by atoms with E-state index < -0.39 is 6.10 Å². The maximum absolute atomic E-state index is 12.6. The number of para-hydroxylation sites is 1. The molecule has 0 amide bonds. The van der Waals surface area contributed by atoms with Gasteiger partial charge in [0, 0.05) is 24.8 Å². The first-order valence-electron chi connectivity index (χ1n) is 7.18. The van der Waals surface area contributed by atoms with Crippen LogP contribution in [-0.4, -0.2) is 25.7 Å². The maximum atomic E-state index is 12.6. The summed E-state index contributed by atoms with van der Waals surface area (Å²) in [6.07, 6.45) is 4.83. The molecule has 0 aliphatic rings. The molecule has 0 aliphatic carbocycles. The number of rotatable bonds is 4. The molecule has 1 aromatic carbocycles. The zero-order valence-corrected chi connectivity index (χ0v) is 12.8. The molecule has 0 radical (unpaired) electrons. The summed E-state index contributed by atoms with van der Waals surface area (Å²) in [5, 5.41) is 7.70. The van der Waals surface area contributed by atoms with E-state index in [9.17, 15) is 4.79 Å². The predicted molar refractivity (Wildman–Crippen MR) is 82.3 cm³/mol. The first-order valence-corrected chi connectivity index (χ1v) is 7.18. The Morgan fingerprint density at radius 1 is 1.36 bits per heavy atom. The number of carbonyl (C=O) groups is 1. The molecular formula is C16H18N4O2. The van der Waals surface area contributed by atoms with Crippen molar-refractivity contribution < 1.29 is 9.53 Å². The Hall–Kier alpha value is -2.63. The number of hydrogen-bond acceptors (Lipinski definition) is 4. The molecule has 1 atom stereocenters. The third-order valence-corrected chi connectivity index (χ3v) is 3.65. The Labute approximate surface area is 128 Å². The van der Waals surface area contributed by atoms with Crippen LogP contribution in [0.15, 0.2) is 36.8 Å². The number of ether oxygens (including phenoxy) is 1. The highest BCUT2D eigenvalue weighted by Gasteiger charge is 2.25. The molecule has 0 aliphatic heterocycles. The fourth-order valence-electron chi connectivity index (χ4n) is 2.46. The molecule has 22 heavy (non-hydrogen) atoms. The average Bonchev–Trinajstić information content (AvgIpc) is 3.12. The number of aryl methyl sites for hydroxylation is 1. The largest absolute Gasteiger partial charge is 0.450 e. The highest BCUT2D eigenvalue weighted by molar-refractivity contribution is 6.02. The van der Waals surface area contributed by atoms with E-state index in [0.29, 0.717) is 11.1 Å². The molecule has 1 unspecified atom stereocenters. The second kappa shape index (κ2) is 5.63. The molecule has 3 aromatic rings. The number of imidazole rings is 1. The summed E-state index contributed by atoms with van der Waals surface area (Å²) in [5.74, 6) is 0.475. The number of carbonyl (C=O) groups excluding carboxylic acids is 1. The van der Waals surface area contributed by atoms with Gasteiger partial charge in [-0.1, -0.05) is 26.0 Å². The Balaban J connectivity index is 1.92. The van der Waals surface area contributed by atoms with Crippen molar-refractivity contribution in [2.75, 3.05) is 0 Å². The van der Waals surface area contributed by atoms with Crippen LogP contribution in [0.3, 0.4) is 0 Å². The van der Waals surface area contributed by atoms with Crippen LogP contribution in [0.5, 0.6) is 0 Å². The van der Waals surface area contributed by atoms with Gasteiger partial charge in [-0.15, -0.1) is 0 Å².